The fourth-order valence-corrected chi connectivity index (χ4v) is 1.67. The van der Waals surface area contributed by atoms with Gasteiger partial charge in [0, 0.05) is 18.9 Å². The zero-order valence-electron chi connectivity index (χ0n) is 9.83. The van der Waals surface area contributed by atoms with E-state index < -0.39 is 5.97 Å². The van der Waals surface area contributed by atoms with E-state index in [1.54, 1.807) is 24.7 Å². The Kier molecular flexibility index (Phi) is 3.39. The summed E-state index contributed by atoms with van der Waals surface area (Å²) in [6.07, 6.45) is 5.17. The summed E-state index contributed by atoms with van der Waals surface area (Å²) >= 11 is 0. The molecule has 1 heterocycles. The summed E-state index contributed by atoms with van der Waals surface area (Å²) in [5, 5.41) is 8.95. The van der Waals surface area contributed by atoms with Gasteiger partial charge in [-0.1, -0.05) is 0 Å². The Labute approximate surface area is 104 Å². The van der Waals surface area contributed by atoms with Crippen LogP contribution in [0.25, 0.3) is 0 Å². The Bertz CT molecular complexity index is 597. The third-order valence-electron chi connectivity index (χ3n) is 2.47. The Hall–Kier alpha value is -2.61. The molecule has 1 aromatic carbocycles. The predicted octanol–water partition coefficient (Wildman–Crippen LogP) is 1.59. The molecule has 2 aromatic rings. The molecule has 0 atom stereocenters. The third-order valence-corrected chi connectivity index (χ3v) is 2.47. The molecule has 5 heteroatoms. The molecule has 0 amide bonds. The lowest BCUT2D eigenvalue weighted by atomic mass is 10.1. The van der Waals surface area contributed by atoms with Crippen LogP contribution in [-0.2, 0) is 11.3 Å². The van der Waals surface area contributed by atoms with Gasteiger partial charge in [0.2, 0.25) is 0 Å². The van der Waals surface area contributed by atoms with Crippen molar-refractivity contribution in [1.82, 2.24) is 9.55 Å². The predicted molar refractivity (Wildman–Crippen MR) is 63.8 cm³/mol. The molecular weight excluding hydrogens is 230 g/mol. The van der Waals surface area contributed by atoms with Crippen molar-refractivity contribution in [3.8, 4) is 6.07 Å². The first-order valence-corrected chi connectivity index (χ1v) is 5.31. The molecule has 0 N–H and O–H groups in total. The number of rotatable bonds is 3. The first-order valence-electron chi connectivity index (χ1n) is 5.31. The van der Waals surface area contributed by atoms with Crippen molar-refractivity contribution in [1.29, 1.82) is 5.26 Å². The van der Waals surface area contributed by atoms with Gasteiger partial charge in [0.25, 0.3) is 0 Å². The maximum Gasteiger partial charge on any atom is 0.337 e. The van der Waals surface area contributed by atoms with E-state index >= 15 is 0 Å². The Morgan fingerprint density at radius 3 is 2.94 bits per heavy atom. The number of hydrogen-bond acceptors (Lipinski definition) is 4. The van der Waals surface area contributed by atoms with Crippen molar-refractivity contribution < 1.29 is 9.53 Å². The van der Waals surface area contributed by atoms with Gasteiger partial charge in [0.1, 0.15) is 0 Å². The summed E-state index contributed by atoms with van der Waals surface area (Å²) in [5.41, 5.74) is 1.67. The van der Waals surface area contributed by atoms with Crippen molar-refractivity contribution in [2.45, 2.75) is 6.54 Å². The summed E-state index contributed by atoms with van der Waals surface area (Å²) < 4.78 is 6.52. The number of carbonyl (C=O) groups is 1. The number of aromatic nitrogens is 2. The molecule has 0 aliphatic carbocycles. The molecule has 5 nitrogen and oxygen atoms in total. The van der Waals surface area contributed by atoms with Crippen LogP contribution in [0.15, 0.2) is 36.9 Å². The SMILES string of the molecule is COC(=O)c1cc(C#N)cc(Cn2ccnc2)c1. The fourth-order valence-electron chi connectivity index (χ4n) is 1.67. The van der Waals surface area contributed by atoms with Crippen LogP contribution in [0, 0.1) is 11.3 Å². The summed E-state index contributed by atoms with van der Waals surface area (Å²) in [7, 11) is 1.32. The van der Waals surface area contributed by atoms with E-state index in [4.69, 9.17) is 5.26 Å². The Balaban J connectivity index is 2.35. The van der Waals surface area contributed by atoms with E-state index in [2.05, 4.69) is 9.72 Å². The van der Waals surface area contributed by atoms with Crippen LogP contribution >= 0.6 is 0 Å². The second kappa shape index (κ2) is 5.15. The van der Waals surface area contributed by atoms with Gasteiger partial charge in [-0.3, -0.25) is 0 Å². The average Bonchev–Trinajstić information content (AvgIpc) is 2.90. The molecule has 1 aromatic heterocycles. The van der Waals surface area contributed by atoms with Crippen LogP contribution in [0.3, 0.4) is 0 Å². The van der Waals surface area contributed by atoms with E-state index in [1.165, 1.54) is 13.2 Å². The van der Waals surface area contributed by atoms with E-state index in [0.717, 1.165) is 5.56 Å². The number of benzene rings is 1. The highest BCUT2D eigenvalue weighted by molar-refractivity contribution is 5.90. The monoisotopic (exact) mass is 241 g/mol. The minimum atomic E-state index is -0.445. The highest BCUT2D eigenvalue weighted by Crippen LogP contribution is 2.12. The van der Waals surface area contributed by atoms with Crippen LogP contribution in [0.5, 0.6) is 0 Å². The standard InChI is InChI=1S/C13H11N3O2/c1-18-13(17)12-5-10(7-14)4-11(6-12)8-16-3-2-15-9-16/h2-6,9H,8H2,1H3. The average molecular weight is 241 g/mol. The van der Waals surface area contributed by atoms with Crippen molar-refractivity contribution in [2.75, 3.05) is 7.11 Å². The summed E-state index contributed by atoms with van der Waals surface area (Å²) in [5.74, 6) is -0.445. The van der Waals surface area contributed by atoms with E-state index in [0.29, 0.717) is 17.7 Å². The minimum Gasteiger partial charge on any atom is -0.465 e. The molecule has 0 radical (unpaired) electrons. The van der Waals surface area contributed by atoms with Gasteiger partial charge in [-0.25, -0.2) is 9.78 Å². The zero-order valence-corrected chi connectivity index (χ0v) is 9.83. The molecule has 18 heavy (non-hydrogen) atoms. The van der Waals surface area contributed by atoms with Gasteiger partial charge in [-0.05, 0) is 23.8 Å². The first-order chi connectivity index (χ1) is 8.72. The quantitative estimate of drug-likeness (QED) is 0.765. The topological polar surface area (TPSA) is 67.9 Å². The minimum absolute atomic E-state index is 0.381. The number of imidazole rings is 1. The summed E-state index contributed by atoms with van der Waals surface area (Å²) in [6.45, 7) is 0.555. The van der Waals surface area contributed by atoms with Gasteiger partial charge >= 0.3 is 5.97 Å². The van der Waals surface area contributed by atoms with Crippen LogP contribution in [0.4, 0.5) is 0 Å². The number of nitriles is 1. The molecule has 0 unspecified atom stereocenters. The van der Waals surface area contributed by atoms with Gasteiger partial charge < -0.3 is 9.30 Å². The molecule has 90 valence electrons. The molecule has 0 aliphatic rings. The van der Waals surface area contributed by atoms with Crippen molar-refractivity contribution in [3.63, 3.8) is 0 Å². The number of nitrogens with zero attached hydrogens (tertiary/aromatic N) is 3. The Morgan fingerprint density at radius 1 is 1.50 bits per heavy atom. The number of ether oxygens (including phenoxy) is 1. The molecule has 0 spiro atoms. The van der Waals surface area contributed by atoms with Gasteiger partial charge in [0.05, 0.1) is 30.6 Å². The van der Waals surface area contributed by atoms with E-state index in [1.807, 2.05) is 16.8 Å². The lowest BCUT2D eigenvalue weighted by Crippen LogP contribution is -2.04. The lowest BCUT2D eigenvalue weighted by Gasteiger charge is -2.06. The Morgan fingerprint density at radius 2 is 2.33 bits per heavy atom. The van der Waals surface area contributed by atoms with Crippen LogP contribution < -0.4 is 0 Å². The fraction of sp³-hybridized carbons (Fsp3) is 0.154. The molecule has 0 aliphatic heterocycles. The largest absolute Gasteiger partial charge is 0.465 e. The second-order valence-electron chi connectivity index (χ2n) is 3.76. The highest BCUT2D eigenvalue weighted by atomic mass is 16.5. The molecule has 0 bridgehead atoms. The zero-order chi connectivity index (χ0) is 13.0. The highest BCUT2D eigenvalue weighted by Gasteiger charge is 2.09. The first kappa shape index (κ1) is 11.9. The normalized spacial score (nSPS) is 9.78. The van der Waals surface area contributed by atoms with Crippen molar-refractivity contribution in [3.05, 3.63) is 53.6 Å². The molecular formula is C13H11N3O2. The number of carbonyl (C=O) groups excluding carboxylic acids is 1. The van der Waals surface area contributed by atoms with Crippen molar-refractivity contribution >= 4 is 5.97 Å². The lowest BCUT2D eigenvalue weighted by molar-refractivity contribution is 0.0600. The van der Waals surface area contributed by atoms with Gasteiger partial charge in [-0.2, -0.15) is 5.26 Å². The van der Waals surface area contributed by atoms with E-state index in [-0.39, 0.29) is 0 Å². The molecule has 2 rings (SSSR count). The number of methoxy groups -OCH3 is 1. The van der Waals surface area contributed by atoms with Crippen LogP contribution in [0.1, 0.15) is 21.5 Å². The number of esters is 1. The maximum absolute atomic E-state index is 11.5. The molecule has 0 saturated heterocycles. The second-order valence-corrected chi connectivity index (χ2v) is 3.76. The smallest absolute Gasteiger partial charge is 0.337 e. The van der Waals surface area contributed by atoms with Crippen molar-refractivity contribution in [2.24, 2.45) is 0 Å². The maximum atomic E-state index is 11.5. The summed E-state index contributed by atoms with van der Waals surface area (Å²) in [4.78, 5) is 15.4. The number of hydrogen-bond donors (Lipinski definition) is 0. The van der Waals surface area contributed by atoms with E-state index in [9.17, 15) is 4.79 Å². The van der Waals surface area contributed by atoms with Gasteiger partial charge in [-0.15, -0.1) is 0 Å². The summed E-state index contributed by atoms with van der Waals surface area (Å²) in [6, 6.07) is 7.01. The molecule has 0 fully saturated rings. The van der Waals surface area contributed by atoms with Crippen LogP contribution in [-0.4, -0.2) is 22.6 Å². The third kappa shape index (κ3) is 2.55. The van der Waals surface area contributed by atoms with Gasteiger partial charge in [0.15, 0.2) is 0 Å². The molecule has 0 saturated carbocycles. The van der Waals surface area contributed by atoms with Crippen LogP contribution in [0.2, 0.25) is 0 Å².